The monoisotopic (exact) mass is 331 g/mol. The third-order valence-electron chi connectivity index (χ3n) is 5.07. The standard InChI is InChI=1S/C17H18FN3O3/c18-12-5-10(19-13-2-4-15(23)20-16(13)24)1-3-14(12)21-8-17(9-21)6-11(22)7-17/h1,3,5,13,19H,2,4,6-9H2,(H,20,23,24). The van der Waals surface area contributed by atoms with Crippen LogP contribution in [0.4, 0.5) is 15.8 Å². The SMILES string of the molecule is O=C1CC2(C1)CN(c1ccc(NC3CCC(=O)NC3=O)cc1F)C2. The van der Waals surface area contributed by atoms with Crippen LogP contribution in [-0.4, -0.2) is 36.7 Å². The number of hydrogen-bond donors (Lipinski definition) is 2. The minimum atomic E-state index is -0.527. The zero-order valence-corrected chi connectivity index (χ0v) is 13.1. The molecule has 1 saturated carbocycles. The fourth-order valence-corrected chi connectivity index (χ4v) is 3.83. The maximum Gasteiger partial charge on any atom is 0.249 e. The second-order valence-electron chi connectivity index (χ2n) is 7.06. The number of Topliss-reactive ketones (excluding diaryl/α,β-unsaturated/α-hetero) is 1. The number of hydrogen-bond acceptors (Lipinski definition) is 5. The maximum atomic E-state index is 14.4. The van der Waals surface area contributed by atoms with Gasteiger partial charge < -0.3 is 10.2 Å². The number of piperidine rings is 1. The molecule has 126 valence electrons. The van der Waals surface area contributed by atoms with Crippen LogP contribution in [0.3, 0.4) is 0 Å². The van der Waals surface area contributed by atoms with Gasteiger partial charge in [-0.25, -0.2) is 4.39 Å². The molecule has 1 atom stereocenters. The van der Waals surface area contributed by atoms with Crippen molar-refractivity contribution >= 4 is 29.0 Å². The molecule has 2 N–H and O–H groups in total. The molecule has 1 unspecified atom stereocenters. The summed E-state index contributed by atoms with van der Waals surface area (Å²) in [7, 11) is 0. The fourth-order valence-electron chi connectivity index (χ4n) is 3.83. The molecule has 2 amide bonds. The van der Waals surface area contributed by atoms with Crippen molar-refractivity contribution in [2.75, 3.05) is 23.3 Å². The van der Waals surface area contributed by atoms with E-state index in [1.807, 2.05) is 4.90 Å². The van der Waals surface area contributed by atoms with Gasteiger partial charge in [-0.1, -0.05) is 0 Å². The van der Waals surface area contributed by atoms with Gasteiger partial charge in [-0.2, -0.15) is 0 Å². The van der Waals surface area contributed by atoms with Gasteiger partial charge in [-0.3, -0.25) is 19.7 Å². The Morgan fingerprint density at radius 2 is 1.96 bits per heavy atom. The Hall–Kier alpha value is -2.44. The zero-order chi connectivity index (χ0) is 16.9. The summed E-state index contributed by atoms with van der Waals surface area (Å²) >= 11 is 0. The number of halogens is 1. The van der Waals surface area contributed by atoms with Crippen LogP contribution in [0.15, 0.2) is 18.2 Å². The van der Waals surface area contributed by atoms with E-state index in [0.29, 0.717) is 36.4 Å². The lowest BCUT2D eigenvalue weighted by molar-refractivity contribution is -0.135. The predicted molar refractivity (Wildman–Crippen MR) is 85.1 cm³/mol. The zero-order valence-electron chi connectivity index (χ0n) is 13.1. The summed E-state index contributed by atoms with van der Waals surface area (Å²) in [5.41, 5.74) is 1.11. The molecular formula is C17H18FN3O3. The second-order valence-corrected chi connectivity index (χ2v) is 7.06. The van der Waals surface area contributed by atoms with Crippen LogP contribution in [0.25, 0.3) is 0 Å². The van der Waals surface area contributed by atoms with Crippen molar-refractivity contribution in [3.05, 3.63) is 24.0 Å². The molecule has 2 heterocycles. The number of ketones is 1. The summed E-state index contributed by atoms with van der Waals surface area (Å²) in [5.74, 6) is -0.720. The van der Waals surface area contributed by atoms with E-state index in [1.165, 1.54) is 6.07 Å². The number of nitrogens with one attached hydrogen (secondary N) is 2. The van der Waals surface area contributed by atoms with Crippen molar-refractivity contribution in [1.29, 1.82) is 0 Å². The molecule has 7 heteroatoms. The third-order valence-corrected chi connectivity index (χ3v) is 5.07. The molecule has 0 bridgehead atoms. The highest BCUT2D eigenvalue weighted by molar-refractivity contribution is 6.01. The van der Waals surface area contributed by atoms with Crippen molar-refractivity contribution in [2.45, 2.75) is 31.7 Å². The molecule has 3 fully saturated rings. The number of carbonyl (C=O) groups is 3. The van der Waals surface area contributed by atoms with Crippen molar-refractivity contribution in [3.8, 4) is 0 Å². The Kier molecular flexibility index (Phi) is 3.33. The first-order chi connectivity index (χ1) is 11.4. The van der Waals surface area contributed by atoms with Crippen LogP contribution < -0.4 is 15.5 Å². The number of anilines is 2. The predicted octanol–water partition coefficient (Wildman–Crippen LogP) is 1.21. The molecule has 24 heavy (non-hydrogen) atoms. The van der Waals surface area contributed by atoms with Crippen molar-refractivity contribution < 1.29 is 18.8 Å². The van der Waals surface area contributed by atoms with E-state index in [2.05, 4.69) is 10.6 Å². The number of amides is 2. The Bertz CT molecular complexity index is 733. The first kappa shape index (κ1) is 15.1. The summed E-state index contributed by atoms with van der Waals surface area (Å²) < 4.78 is 14.4. The molecule has 1 aromatic carbocycles. The van der Waals surface area contributed by atoms with Crippen LogP contribution in [-0.2, 0) is 14.4 Å². The Morgan fingerprint density at radius 1 is 1.21 bits per heavy atom. The normalized spacial score (nSPS) is 25.1. The van der Waals surface area contributed by atoms with E-state index in [1.54, 1.807) is 12.1 Å². The van der Waals surface area contributed by atoms with Gasteiger partial charge in [-0.05, 0) is 24.6 Å². The van der Waals surface area contributed by atoms with Gasteiger partial charge in [0.1, 0.15) is 17.6 Å². The highest BCUT2D eigenvalue weighted by Gasteiger charge is 2.52. The number of carbonyl (C=O) groups excluding carboxylic acids is 3. The van der Waals surface area contributed by atoms with E-state index in [9.17, 15) is 18.8 Å². The summed E-state index contributed by atoms with van der Waals surface area (Å²) in [5, 5.41) is 5.24. The number of benzene rings is 1. The van der Waals surface area contributed by atoms with Gasteiger partial charge in [0.25, 0.3) is 0 Å². The van der Waals surface area contributed by atoms with Crippen LogP contribution in [0.2, 0.25) is 0 Å². The quantitative estimate of drug-likeness (QED) is 0.814. The van der Waals surface area contributed by atoms with Crippen LogP contribution in [0.1, 0.15) is 25.7 Å². The van der Waals surface area contributed by atoms with E-state index in [-0.39, 0.29) is 29.5 Å². The lowest BCUT2D eigenvalue weighted by Gasteiger charge is -2.55. The van der Waals surface area contributed by atoms with Crippen LogP contribution in [0.5, 0.6) is 0 Å². The van der Waals surface area contributed by atoms with Crippen molar-refractivity contribution in [3.63, 3.8) is 0 Å². The van der Waals surface area contributed by atoms with E-state index in [0.717, 1.165) is 13.1 Å². The molecule has 6 nitrogen and oxygen atoms in total. The molecule has 1 aromatic rings. The van der Waals surface area contributed by atoms with Crippen LogP contribution in [0, 0.1) is 11.2 Å². The molecule has 2 saturated heterocycles. The molecule has 2 aliphatic heterocycles. The molecule has 4 rings (SSSR count). The summed E-state index contributed by atoms with van der Waals surface area (Å²) in [6, 6.07) is 4.27. The highest BCUT2D eigenvalue weighted by atomic mass is 19.1. The Labute approximate surface area is 138 Å². The minimum absolute atomic E-state index is 0.0766. The highest BCUT2D eigenvalue weighted by Crippen LogP contribution is 2.48. The van der Waals surface area contributed by atoms with E-state index in [4.69, 9.17) is 0 Å². The van der Waals surface area contributed by atoms with Crippen molar-refractivity contribution in [1.82, 2.24) is 5.32 Å². The Balaban J connectivity index is 1.40. The molecule has 3 aliphatic rings. The first-order valence-electron chi connectivity index (χ1n) is 8.11. The lowest BCUT2D eigenvalue weighted by Crippen LogP contribution is -2.63. The number of nitrogens with zero attached hydrogens (tertiary/aromatic N) is 1. The average Bonchev–Trinajstić information content (AvgIpc) is 2.45. The molecule has 0 aromatic heterocycles. The van der Waals surface area contributed by atoms with Gasteiger partial charge in [0.15, 0.2) is 0 Å². The van der Waals surface area contributed by atoms with Gasteiger partial charge in [0.05, 0.1) is 5.69 Å². The average molecular weight is 331 g/mol. The van der Waals surface area contributed by atoms with Gasteiger partial charge in [-0.15, -0.1) is 0 Å². The first-order valence-corrected chi connectivity index (χ1v) is 8.11. The second kappa shape index (κ2) is 5.29. The topological polar surface area (TPSA) is 78.5 Å². The van der Waals surface area contributed by atoms with Gasteiger partial charge in [0.2, 0.25) is 11.8 Å². The van der Waals surface area contributed by atoms with Crippen molar-refractivity contribution in [2.24, 2.45) is 5.41 Å². The number of rotatable bonds is 3. The largest absolute Gasteiger partial charge is 0.374 e. The van der Waals surface area contributed by atoms with Gasteiger partial charge in [0, 0.05) is 43.5 Å². The van der Waals surface area contributed by atoms with E-state index < -0.39 is 6.04 Å². The lowest BCUT2D eigenvalue weighted by atomic mass is 9.62. The number of imide groups is 1. The maximum absolute atomic E-state index is 14.4. The summed E-state index contributed by atoms with van der Waals surface area (Å²) in [4.78, 5) is 36.0. The van der Waals surface area contributed by atoms with Crippen LogP contribution >= 0.6 is 0 Å². The van der Waals surface area contributed by atoms with E-state index >= 15 is 0 Å². The third kappa shape index (κ3) is 2.53. The molecule has 1 aliphatic carbocycles. The Morgan fingerprint density at radius 3 is 2.58 bits per heavy atom. The summed E-state index contributed by atoms with van der Waals surface area (Å²) in [6.45, 7) is 1.44. The molecular weight excluding hydrogens is 313 g/mol. The summed E-state index contributed by atoms with van der Waals surface area (Å²) in [6.07, 6.45) is 1.90. The minimum Gasteiger partial charge on any atom is -0.374 e. The molecule has 0 radical (unpaired) electrons. The fraction of sp³-hybridized carbons (Fsp3) is 0.471. The molecule has 1 spiro atoms. The smallest absolute Gasteiger partial charge is 0.249 e. The van der Waals surface area contributed by atoms with Gasteiger partial charge >= 0.3 is 0 Å².